The van der Waals surface area contributed by atoms with Crippen LogP contribution < -0.4 is 0 Å². The van der Waals surface area contributed by atoms with Crippen LogP contribution in [0.15, 0.2) is 34.9 Å². The minimum Gasteiger partial charge on any atom is -0.480 e. The first kappa shape index (κ1) is 16.1. The molecule has 0 spiro atoms. The smallest absolute Gasteiger partial charge is 0.326 e. The SMILES string of the molecule is O=C(O)C1C2CCCC2CN1C(=O)c1cc(-c2cccc(Cl)c2)on1. The summed E-state index contributed by atoms with van der Waals surface area (Å²) >= 11 is 5.97. The van der Waals surface area contributed by atoms with Crippen LogP contribution in [0.5, 0.6) is 0 Å². The van der Waals surface area contributed by atoms with Crippen molar-refractivity contribution in [2.24, 2.45) is 11.8 Å². The van der Waals surface area contributed by atoms with Gasteiger partial charge < -0.3 is 14.5 Å². The average Bonchev–Trinajstić information content (AvgIpc) is 3.29. The molecule has 2 fully saturated rings. The molecule has 2 aliphatic rings. The standard InChI is InChI=1S/C18H17ClN2O4/c19-12-5-1-3-10(7-12)15-8-14(20-25-15)17(22)21-9-11-4-2-6-13(11)16(21)18(23)24/h1,3,5,7-8,11,13,16H,2,4,6,9H2,(H,23,24). The van der Waals surface area contributed by atoms with Crippen LogP contribution >= 0.6 is 11.6 Å². The van der Waals surface area contributed by atoms with Crippen LogP contribution in [0.2, 0.25) is 5.02 Å². The van der Waals surface area contributed by atoms with Crippen LogP contribution in [0, 0.1) is 11.8 Å². The molecule has 4 rings (SSSR count). The average molecular weight is 361 g/mol. The molecule has 1 saturated heterocycles. The molecule has 1 aromatic carbocycles. The minimum atomic E-state index is -0.943. The number of hydrogen-bond donors (Lipinski definition) is 1. The van der Waals surface area contributed by atoms with Crippen LogP contribution in [0.1, 0.15) is 29.8 Å². The molecule has 0 radical (unpaired) electrons. The Kier molecular flexibility index (Phi) is 4.00. The predicted molar refractivity (Wildman–Crippen MR) is 90.2 cm³/mol. The number of carboxylic acids is 1. The lowest BCUT2D eigenvalue weighted by molar-refractivity contribution is -0.142. The first-order valence-electron chi connectivity index (χ1n) is 8.31. The lowest BCUT2D eigenvalue weighted by Crippen LogP contribution is -2.43. The maximum atomic E-state index is 12.8. The zero-order valence-electron chi connectivity index (χ0n) is 13.4. The maximum absolute atomic E-state index is 12.8. The quantitative estimate of drug-likeness (QED) is 0.907. The fourth-order valence-electron chi connectivity index (χ4n) is 4.13. The lowest BCUT2D eigenvalue weighted by Gasteiger charge is -2.23. The molecule has 25 heavy (non-hydrogen) atoms. The number of amides is 1. The summed E-state index contributed by atoms with van der Waals surface area (Å²) in [6, 6.07) is 7.82. The van der Waals surface area contributed by atoms with Crippen molar-refractivity contribution in [2.75, 3.05) is 6.54 Å². The number of likely N-dealkylation sites (tertiary alicyclic amines) is 1. The van der Waals surface area contributed by atoms with Gasteiger partial charge in [0.1, 0.15) is 6.04 Å². The molecular formula is C18H17ClN2O4. The highest BCUT2D eigenvalue weighted by molar-refractivity contribution is 6.30. The van der Waals surface area contributed by atoms with E-state index in [9.17, 15) is 14.7 Å². The molecule has 130 valence electrons. The van der Waals surface area contributed by atoms with Gasteiger partial charge in [0.15, 0.2) is 11.5 Å². The molecule has 1 aliphatic carbocycles. The number of aliphatic carboxylic acids is 1. The highest BCUT2D eigenvalue weighted by atomic mass is 35.5. The van der Waals surface area contributed by atoms with Crippen LogP contribution in [0.4, 0.5) is 0 Å². The van der Waals surface area contributed by atoms with E-state index in [0.717, 1.165) is 19.3 Å². The molecule has 1 amide bonds. The second kappa shape index (κ2) is 6.19. The van der Waals surface area contributed by atoms with Crippen molar-refractivity contribution in [1.82, 2.24) is 10.1 Å². The van der Waals surface area contributed by atoms with Gasteiger partial charge in [-0.3, -0.25) is 4.79 Å². The third-order valence-corrected chi connectivity index (χ3v) is 5.48. The molecule has 0 bridgehead atoms. The molecule has 2 aromatic rings. The monoisotopic (exact) mass is 360 g/mol. The number of hydrogen-bond acceptors (Lipinski definition) is 4. The molecule has 1 aromatic heterocycles. The molecule has 3 unspecified atom stereocenters. The Morgan fingerprint density at radius 3 is 2.88 bits per heavy atom. The summed E-state index contributed by atoms with van der Waals surface area (Å²) in [6.07, 6.45) is 2.87. The number of halogens is 1. The summed E-state index contributed by atoms with van der Waals surface area (Å²) in [5, 5.41) is 14.0. The van der Waals surface area contributed by atoms with Crippen LogP contribution in [-0.4, -0.2) is 39.6 Å². The molecule has 1 aliphatic heterocycles. The van der Waals surface area contributed by atoms with Crippen molar-refractivity contribution in [2.45, 2.75) is 25.3 Å². The molecule has 6 nitrogen and oxygen atoms in total. The van der Waals surface area contributed by atoms with E-state index in [2.05, 4.69) is 5.16 Å². The van der Waals surface area contributed by atoms with Gasteiger partial charge in [0.2, 0.25) is 0 Å². The Labute approximate surface area is 149 Å². The van der Waals surface area contributed by atoms with Gasteiger partial charge in [-0.2, -0.15) is 0 Å². The molecule has 2 heterocycles. The van der Waals surface area contributed by atoms with E-state index in [1.54, 1.807) is 30.3 Å². The zero-order chi connectivity index (χ0) is 17.6. The highest BCUT2D eigenvalue weighted by Gasteiger charge is 2.50. The van der Waals surface area contributed by atoms with Crippen LogP contribution in [0.25, 0.3) is 11.3 Å². The molecule has 1 N–H and O–H groups in total. The number of benzene rings is 1. The van der Waals surface area contributed by atoms with E-state index in [0.29, 0.717) is 22.9 Å². The molecule has 3 atom stereocenters. The Bertz CT molecular complexity index is 834. The van der Waals surface area contributed by atoms with Crippen molar-refractivity contribution < 1.29 is 19.2 Å². The Morgan fingerprint density at radius 1 is 1.28 bits per heavy atom. The fraction of sp³-hybridized carbons (Fsp3) is 0.389. The van der Waals surface area contributed by atoms with E-state index in [-0.39, 0.29) is 23.4 Å². The summed E-state index contributed by atoms with van der Waals surface area (Å²) in [6.45, 7) is 0.472. The van der Waals surface area contributed by atoms with Crippen molar-refractivity contribution >= 4 is 23.5 Å². The first-order chi connectivity index (χ1) is 12.0. The van der Waals surface area contributed by atoms with Crippen molar-refractivity contribution in [3.05, 3.63) is 41.0 Å². The van der Waals surface area contributed by atoms with Crippen LogP contribution in [0.3, 0.4) is 0 Å². The number of fused-ring (bicyclic) bond motifs is 1. The lowest BCUT2D eigenvalue weighted by atomic mass is 9.94. The summed E-state index contributed by atoms with van der Waals surface area (Å²) in [5.41, 5.74) is 0.841. The van der Waals surface area contributed by atoms with Crippen molar-refractivity contribution in [3.63, 3.8) is 0 Å². The summed E-state index contributed by atoms with van der Waals surface area (Å²) in [4.78, 5) is 26.0. The number of carbonyl (C=O) groups excluding carboxylic acids is 1. The number of rotatable bonds is 3. The third-order valence-electron chi connectivity index (χ3n) is 5.24. The molecule has 7 heteroatoms. The normalized spacial score (nSPS) is 25.2. The summed E-state index contributed by atoms with van der Waals surface area (Å²) in [5.74, 6) is -0.595. The van der Waals surface area contributed by atoms with E-state index in [1.807, 2.05) is 0 Å². The maximum Gasteiger partial charge on any atom is 0.326 e. The number of aromatic nitrogens is 1. The second-order valence-corrected chi connectivity index (χ2v) is 7.12. The zero-order valence-corrected chi connectivity index (χ0v) is 14.1. The fourth-order valence-corrected chi connectivity index (χ4v) is 4.32. The minimum absolute atomic E-state index is 0.0424. The number of nitrogens with zero attached hydrogens (tertiary/aromatic N) is 2. The van der Waals surface area contributed by atoms with Gasteiger partial charge in [-0.05, 0) is 36.8 Å². The second-order valence-electron chi connectivity index (χ2n) is 6.68. The van der Waals surface area contributed by atoms with Gasteiger partial charge in [-0.15, -0.1) is 0 Å². The summed E-state index contributed by atoms with van der Waals surface area (Å²) in [7, 11) is 0. The van der Waals surface area contributed by atoms with Crippen LogP contribution in [-0.2, 0) is 4.79 Å². The van der Waals surface area contributed by atoms with Gasteiger partial charge in [-0.1, -0.05) is 35.3 Å². The summed E-state index contributed by atoms with van der Waals surface area (Å²) < 4.78 is 5.27. The Balaban J connectivity index is 1.60. The van der Waals surface area contributed by atoms with E-state index in [1.165, 1.54) is 4.90 Å². The first-order valence-corrected chi connectivity index (χ1v) is 8.69. The van der Waals surface area contributed by atoms with E-state index >= 15 is 0 Å². The van der Waals surface area contributed by atoms with E-state index in [4.69, 9.17) is 16.1 Å². The molecular weight excluding hydrogens is 344 g/mol. The van der Waals surface area contributed by atoms with Gasteiger partial charge in [0, 0.05) is 23.2 Å². The number of carboxylic acid groups (broad SMARTS) is 1. The predicted octanol–water partition coefficient (Wildman–Crippen LogP) is 3.32. The van der Waals surface area contributed by atoms with E-state index < -0.39 is 12.0 Å². The topological polar surface area (TPSA) is 83.6 Å². The molecule has 1 saturated carbocycles. The largest absolute Gasteiger partial charge is 0.480 e. The van der Waals surface area contributed by atoms with Crippen molar-refractivity contribution in [1.29, 1.82) is 0 Å². The third kappa shape index (κ3) is 2.80. The van der Waals surface area contributed by atoms with Gasteiger partial charge in [-0.25, -0.2) is 4.79 Å². The van der Waals surface area contributed by atoms with Gasteiger partial charge in [0.25, 0.3) is 5.91 Å². The van der Waals surface area contributed by atoms with Gasteiger partial charge >= 0.3 is 5.97 Å². The van der Waals surface area contributed by atoms with Gasteiger partial charge in [0.05, 0.1) is 0 Å². The highest BCUT2D eigenvalue weighted by Crippen LogP contribution is 2.42. The number of carbonyl (C=O) groups is 2. The van der Waals surface area contributed by atoms with Crippen molar-refractivity contribution in [3.8, 4) is 11.3 Å². The Morgan fingerprint density at radius 2 is 2.12 bits per heavy atom. The Hall–Kier alpha value is -2.34.